The number of carbonyl (C=O) groups excluding carboxylic acids is 1. The molecule has 1 unspecified atom stereocenters. The highest BCUT2D eigenvalue weighted by Crippen LogP contribution is 2.29. The van der Waals surface area contributed by atoms with Crippen LogP contribution in [0, 0.1) is 18.7 Å². The van der Waals surface area contributed by atoms with Crippen molar-refractivity contribution in [3.63, 3.8) is 0 Å². The summed E-state index contributed by atoms with van der Waals surface area (Å²) in [5, 5.41) is 3.41. The van der Waals surface area contributed by atoms with Gasteiger partial charge in [-0.2, -0.15) is 0 Å². The maximum Gasteiger partial charge on any atom is 0.260 e. The number of hydrogen-bond donors (Lipinski definition) is 1. The van der Waals surface area contributed by atoms with Crippen molar-refractivity contribution < 1.29 is 9.18 Å². The highest BCUT2D eigenvalue weighted by Gasteiger charge is 2.22. The Kier molecular flexibility index (Phi) is 5.46. The van der Waals surface area contributed by atoms with Gasteiger partial charge in [-0.15, -0.1) is 11.3 Å². The Bertz CT molecular complexity index is 1030. The lowest BCUT2D eigenvalue weighted by Crippen LogP contribution is -2.29. The molecule has 0 radical (unpaired) electrons. The molecule has 3 aromatic rings. The van der Waals surface area contributed by atoms with E-state index in [1.807, 2.05) is 33.8 Å². The number of benzene rings is 1. The highest BCUT2D eigenvalue weighted by molar-refractivity contribution is 7.19. The monoisotopic (exact) mass is 386 g/mol. The molecule has 1 atom stereocenters. The fourth-order valence-electron chi connectivity index (χ4n) is 3.18. The maximum atomic E-state index is 13.1. The van der Waals surface area contributed by atoms with E-state index in [1.165, 1.54) is 23.5 Å². The third-order valence-corrected chi connectivity index (χ3v) is 5.57. The van der Waals surface area contributed by atoms with Crippen molar-refractivity contribution in [1.82, 2.24) is 9.88 Å². The quantitative estimate of drug-likeness (QED) is 0.693. The molecule has 0 bridgehead atoms. The fourth-order valence-corrected chi connectivity index (χ4v) is 4.23. The van der Waals surface area contributed by atoms with Crippen molar-refractivity contribution >= 4 is 27.3 Å². The van der Waals surface area contributed by atoms with Crippen molar-refractivity contribution in [1.29, 1.82) is 0 Å². The molecule has 1 amide bonds. The number of rotatable bonds is 5. The molecule has 0 saturated carbocycles. The predicted octanol–water partition coefficient (Wildman–Crippen LogP) is 4.66. The van der Waals surface area contributed by atoms with Crippen LogP contribution >= 0.6 is 11.3 Å². The Labute approximate surface area is 161 Å². The lowest BCUT2D eigenvalue weighted by Gasteiger charge is -2.15. The summed E-state index contributed by atoms with van der Waals surface area (Å²) in [6, 6.07) is 7.63. The van der Waals surface area contributed by atoms with Gasteiger partial charge in [0, 0.05) is 22.3 Å². The summed E-state index contributed by atoms with van der Waals surface area (Å²) in [5.41, 5.74) is 1.11. The van der Waals surface area contributed by atoms with Gasteiger partial charge in [0.1, 0.15) is 5.82 Å². The first-order chi connectivity index (χ1) is 12.8. The van der Waals surface area contributed by atoms with Gasteiger partial charge in [0.25, 0.3) is 11.5 Å². The number of halogens is 1. The molecule has 142 valence electrons. The summed E-state index contributed by atoms with van der Waals surface area (Å²) in [6.07, 6.45) is 1.80. The Morgan fingerprint density at radius 2 is 1.85 bits per heavy atom. The van der Waals surface area contributed by atoms with Crippen LogP contribution in [-0.2, 0) is 6.54 Å². The number of pyridine rings is 1. The average Bonchev–Trinajstić information content (AvgIpc) is 2.94. The van der Waals surface area contributed by atoms with Crippen LogP contribution in [0.1, 0.15) is 47.6 Å². The molecule has 6 heteroatoms. The van der Waals surface area contributed by atoms with Crippen LogP contribution in [0.5, 0.6) is 0 Å². The maximum absolute atomic E-state index is 13.1. The van der Waals surface area contributed by atoms with Crippen molar-refractivity contribution in [3.05, 3.63) is 68.7 Å². The lowest BCUT2D eigenvalue weighted by molar-refractivity contribution is 0.0941. The van der Waals surface area contributed by atoms with E-state index in [-0.39, 0.29) is 23.3 Å². The van der Waals surface area contributed by atoms with E-state index in [2.05, 4.69) is 5.32 Å². The minimum absolute atomic E-state index is 0.134. The van der Waals surface area contributed by atoms with Gasteiger partial charge in [0.2, 0.25) is 0 Å². The Morgan fingerprint density at radius 3 is 2.48 bits per heavy atom. The second-order valence-corrected chi connectivity index (χ2v) is 8.44. The van der Waals surface area contributed by atoms with Crippen LogP contribution < -0.4 is 10.9 Å². The van der Waals surface area contributed by atoms with Crippen molar-refractivity contribution in [2.75, 3.05) is 0 Å². The molecule has 2 heterocycles. The van der Waals surface area contributed by atoms with Gasteiger partial charge >= 0.3 is 0 Å². The van der Waals surface area contributed by atoms with Crippen LogP contribution in [0.3, 0.4) is 0 Å². The average molecular weight is 386 g/mol. The van der Waals surface area contributed by atoms with Crippen LogP contribution in [0.4, 0.5) is 4.39 Å². The van der Waals surface area contributed by atoms with E-state index >= 15 is 0 Å². The van der Waals surface area contributed by atoms with E-state index in [4.69, 9.17) is 0 Å². The van der Waals surface area contributed by atoms with Crippen molar-refractivity contribution in [2.45, 2.75) is 40.3 Å². The number of amides is 1. The zero-order valence-corrected chi connectivity index (χ0v) is 16.7. The summed E-state index contributed by atoms with van der Waals surface area (Å²) < 4.78 is 15.6. The van der Waals surface area contributed by atoms with E-state index in [9.17, 15) is 14.0 Å². The van der Waals surface area contributed by atoms with Gasteiger partial charge in [-0.1, -0.05) is 26.0 Å². The van der Waals surface area contributed by atoms with Crippen LogP contribution in [0.25, 0.3) is 10.1 Å². The Hall–Kier alpha value is -2.47. The minimum Gasteiger partial charge on any atom is -0.345 e. The first-order valence-corrected chi connectivity index (χ1v) is 9.78. The van der Waals surface area contributed by atoms with Crippen molar-refractivity contribution in [2.24, 2.45) is 5.92 Å². The summed E-state index contributed by atoms with van der Waals surface area (Å²) in [5.74, 6) is -0.270. The van der Waals surface area contributed by atoms with E-state index in [0.717, 1.165) is 15.1 Å². The van der Waals surface area contributed by atoms with E-state index in [1.54, 1.807) is 22.9 Å². The largest absolute Gasteiger partial charge is 0.345 e. The molecule has 0 saturated heterocycles. The molecular formula is C21H23FN2O2S. The van der Waals surface area contributed by atoms with Crippen LogP contribution in [0.2, 0.25) is 0 Å². The number of carbonyl (C=O) groups is 1. The number of aromatic nitrogens is 1. The number of hydrogen-bond acceptors (Lipinski definition) is 3. The van der Waals surface area contributed by atoms with Gasteiger partial charge in [-0.25, -0.2) is 4.39 Å². The van der Waals surface area contributed by atoms with Gasteiger partial charge in [-0.3, -0.25) is 9.59 Å². The van der Waals surface area contributed by atoms with E-state index < -0.39 is 0 Å². The highest BCUT2D eigenvalue weighted by atomic mass is 32.1. The fraction of sp³-hybridized carbons (Fsp3) is 0.333. The SMILES string of the molecule is Cc1sc2ccn(CC(C)C)c(=O)c2c1C(=O)NC(C)c1ccc(F)cc1. The molecule has 0 aliphatic heterocycles. The summed E-state index contributed by atoms with van der Waals surface area (Å²) in [4.78, 5) is 26.7. The molecule has 27 heavy (non-hydrogen) atoms. The summed E-state index contributed by atoms with van der Waals surface area (Å²) >= 11 is 1.45. The number of fused-ring (bicyclic) bond motifs is 1. The third-order valence-electron chi connectivity index (χ3n) is 4.50. The molecule has 3 rings (SSSR count). The number of aryl methyl sites for hydroxylation is 1. The number of nitrogens with zero attached hydrogens (tertiary/aromatic N) is 1. The predicted molar refractivity (Wildman–Crippen MR) is 108 cm³/mol. The summed E-state index contributed by atoms with van der Waals surface area (Å²) in [7, 11) is 0. The minimum atomic E-state index is -0.317. The first kappa shape index (κ1) is 19.3. The molecule has 1 N–H and O–H groups in total. The Balaban J connectivity index is 1.97. The van der Waals surface area contributed by atoms with Gasteiger partial charge < -0.3 is 9.88 Å². The molecule has 0 aliphatic carbocycles. The lowest BCUT2D eigenvalue weighted by atomic mass is 10.1. The second kappa shape index (κ2) is 7.64. The first-order valence-electron chi connectivity index (χ1n) is 8.96. The zero-order valence-electron chi connectivity index (χ0n) is 15.9. The number of thiophene rings is 1. The Morgan fingerprint density at radius 1 is 1.19 bits per heavy atom. The number of nitrogens with one attached hydrogen (secondary N) is 1. The smallest absolute Gasteiger partial charge is 0.260 e. The molecule has 0 aliphatic rings. The molecule has 0 fully saturated rings. The standard InChI is InChI=1S/C21H23FN2O2S/c1-12(2)11-24-10-9-17-19(21(24)26)18(14(4)27-17)20(25)23-13(3)15-5-7-16(22)8-6-15/h5-10,12-13H,11H2,1-4H3,(H,23,25). The van der Waals surface area contributed by atoms with Gasteiger partial charge in [-0.05, 0) is 43.5 Å². The molecule has 1 aromatic carbocycles. The van der Waals surface area contributed by atoms with Crippen molar-refractivity contribution in [3.8, 4) is 0 Å². The van der Waals surface area contributed by atoms with Crippen LogP contribution in [0.15, 0.2) is 41.3 Å². The second-order valence-electron chi connectivity index (χ2n) is 7.19. The van der Waals surface area contributed by atoms with Gasteiger partial charge in [0.15, 0.2) is 0 Å². The molecular weight excluding hydrogens is 363 g/mol. The normalized spacial score (nSPS) is 12.5. The van der Waals surface area contributed by atoms with Crippen LogP contribution in [-0.4, -0.2) is 10.5 Å². The zero-order chi connectivity index (χ0) is 19.7. The molecule has 0 spiro atoms. The molecule has 4 nitrogen and oxygen atoms in total. The summed E-state index contributed by atoms with van der Waals surface area (Å²) in [6.45, 7) is 8.40. The van der Waals surface area contributed by atoms with Gasteiger partial charge in [0.05, 0.1) is 17.0 Å². The molecule has 2 aromatic heterocycles. The topological polar surface area (TPSA) is 51.1 Å². The van der Waals surface area contributed by atoms with E-state index in [0.29, 0.717) is 23.4 Å². The third kappa shape index (κ3) is 3.95.